The molecular weight excluding hydrogens is 404 g/mol. The van der Waals surface area contributed by atoms with Gasteiger partial charge < -0.3 is 19.4 Å². The second kappa shape index (κ2) is 9.01. The van der Waals surface area contributed by atoms with Crippen molar-refractivity contribution < 1.29 is 18.7 Å². The smallest absolute Gasteiger partial charge is 0.287 e. The molecule has 6 nitrogen and oxygen atoms in total. The van der Waals surface area contributed by atoms with Gasteiger partial charge in [0.25, 0.3) is 11.8 Å². The van der Waals surface area contributed by atoms with Crippen LogP contribution in [0, 0.1) is 0 Å². The summed E-state index contributed by atoms with van der Waals surface area (Å²) < 4.78 is 11.6. The number of carbonyl (C=O) groups excluding carboxylic acids is 2. The second-order valence-electron chi connectivity index (χ2n) is 8.36. The average Bonchev–Trinajstić information content (AvgIpc) is 3.53. The second-order valence-corrected chi connectivity index (χ2v) is 8.36. The zero-order valence-electron chi connectivity index (χ0n) is 17.8. The minimum atomic E-state index is -0.243. The monoisotopic (exact) mass is 430 g/mol. The lowest BCUT2D eigenvalue weighted by Crippen LogP contribution is -2.39. The minimum absolute atomic E-state index is 0.0155. The molecule has 1 fully saturated rings. The maximum Gasteiger partial charge on any atom is 0.287 e. The Labute approximate surface area is 187 Å². The molecule has 32 heavy (non-hydrogen) atoms. The van der Waals surface area contributed by atoms with E-state index in [-0.39, 0.29) is 29.6 Å². The van der Waals surface area contributed by atoms with Gasteiger partial charge in [0, 0.05) is 31.8 Å². The van der Waals surface area contributed by atoms with Crippen LogP contribution >= 0.6 is 0 Å². The Bertz CT molecular complexity index is 1100. The Kier molecular flexibility index (Phi) is 5.77. The van der Waals surface area contributed by atoms with E-state index in [1.807, 2.05) is 65.6 Å². The molecule has 0 saturated carbocycles. The number of rotatable bonds is 6. The summed E-state index contributed by atoms with van der Waals surface area (Å²) >= 11 is 0. The molecular formula is C26H26N2O4. The van der Waals surface area contributed by atoms with Crippen molar-refractivity contribution in [2.45, 2.75) is 31.4 Å². The summed E-state index contributed by atoms with van der Waals surface area (Å²) in [6.45, 7) is 2.26. The number of furan rings is 1. The van der Waals surface area contributed by atoms with Crippen LogP contribution in [0.4, 0.5) is 0 Å². The summed E-state index contributed by atoms with van der Waals surface area (Å²) in [6, 6.07) is 21.2. The van der Waals surface area contributed by atoms with Crippen LogP contribution in [0.15, 0.2) is 71.1 Å². The lowest BCUT2D eigenvalue weighted by molar-refractivity contribution is 0.0709. The summed E-state index contributed by atoms with van der Waals surface area (Å²) in [4.78, 5) is 27.6. The van der Waals surface area contributed by atoms with Crippen LogP contribution in [-0.4, -0.2) is 42.5 Å². The first-order chi connectivity index (χ1) is 15.7. The third-order valence-corrected chi connectivity index (χ3v) is 6.18. The number of ether oxygens (including phenoxy) is 1. The summed E-state index contributed by atoms with van der Waals surface area (Å²) in [6.07, 6.45) is 2.08. The van der Waals surface area contributed by atoms with Gasteiger partial charge in [-0.2, -0.15) is 0 Å². The van der Waals surface area contributed by atoms with Gasteiger partial charge in [-0.1, -0.05) is 48.5 Å². The molecule has 6 heteroatoms. The molecule has 2 aliphatic rings. The Morgan fingerprint density at radius 1 is 1.03 bits per heavy atom. The molecule has 0 spiro atoms. The van der Waals surface area contributed by atoms with Crippen molar-refractivity contribution in [1.29, 1.82) is 0 Å². The van der Waals surface area contributed by atoms with Crippen molar-refractivity contribution in [2.24, 2.45) is 0 Å². The topological polar surface area (TPSA) is 71.8 Å². The normalized spacial score (nSPS) is 20.2. The number of fused-ring (bicyclic) bond motifs is 1. The molecule has 164 valence electrons. The van der Waals surface area contributed by atoms with Gasteiger partial charge in [-0.25, -0.2) is 0 Å². The SMILES string of the molecule is O=C(NC[C@H]1CCCO1)c1ccc([C@H]2CN(Cc3ccccc3)C(=O)c3ccccc32)o1. The standard InChI is InChI=1S/C26H26N2O4/c29-25(27-15-19-9-6-14-31-19)24-13-12-23(32-24)22-17-28(16-18-7-2-1-3-8-18)26(30)21-11-5-4-10-20(21)22/h1-5,7-8,10-13,19,22H,6,9,14-17H2,(H,27,29)/t19-,22+/m1/s1. The van der Waals surface area contributed by atoms with E-state index in [1.165, 1.54) is 0 Å². The molecule has 2 atom stereocenters. The van der Waals surface area contributed by atoms with Crippen molar-refractivity contribution >= 4 is 11.8 Å². The Morgan fingerprint density at radius 2 is 1.84 bits per heavy atom. The zero-order chi connectivity index (χ0) is 21.9. The van der Waals surface area contributed by atoms with Gasteiger partial charge in [-0.05, 0) is 42.2 Å². The van der Waals surface area contributed by atoms with Crippen molar-refractivity contribution in [3.05, 3.63) is 94.9 Å². The van der Waals surface area contributed by atoms with Crippen LogP contribution in [-0.2, 0) is 11.3 Å². The third kappa shape index (κ3) is 4.18. The van der Waals surface area contributed by atoms with Crippen LogP contribution in [0.25, 0.3) is 0 Å². The first kappa shape index (κ1) is 20.5. The van der Waals surface area contributed by atoms with E-state index in [0.29, 0.717) is 31.0 Å². The average molecular weight is 431 g/mol. The van der Waals surface area contributed by atoms with Crippen LogP contribution in [0.2, 0.25) is 0 Å². The highest BCUT2D eigenvalue weighted by Gasteiger charge is 2.34. The van der Waals surface area contributed by atoms with Crippen molar-refractivity contribution in [3.8, 4) is 0 Å². The molecule has 0 unspecified atom stereocenters. The van der Waals surface area contributed by atoms with E-state index < -0.39 is 0 Å². The van der Waals surface area contributed by atoms with Gasteiger partial charge in [-0.15, -0.1) is 0 Å². The lowest BCUT2D eigenvalue weighted by atomic mass is 9.87. The van der Waals surface area contributed by atoms with Crippen LogP contribution in [0.5, 0.6) is 0 Å². The number of hydrogen-bond acceptors (Lipinski definition) is 4. The van der Waals surface area contributed by atoms with Crippen molar-refractivity contribution in [3.63, 3.8) is 0 Å². The van der Waals surface area contributed by atoms with Crippen LogP contribution in [0.1, 0.15) is 56.6 Å². The number of nitrogens with one attached hydrogen (secondary N) is 1. The summed E-state index contributed by atoms with van der Waals surface area (Å²) in [5.41, 5.74) is 2.69. The molecule has 5 rings (SSSR count). The van der Waals surface area contributed by atoms with E-state index in [9.17, 15) is 9.59 Å². The van der Waals surface area contributed by atoms with E-state index in [4.69, 9.17) is 9.15 Å². The predicted molar refractivity (Wildman–Crippen MR) is 119 cm³/mol. The van der Waals surface area contributed by atoms with E-state index in [2.05, 4.69) is 5.32 Å². The number of benzene rings is 2. The van der Waals surface area contributed by atoms with Gasteiger partial charge in [-0.3, -0.25) is 9.59 Å². The molecule has 1 N–H and O–H groups in total. The summed E-state index contributed by atoms with van der Waals surface area (Å²) in [7, 11) is 0. The Morgan fingerprint density at radius 3 is 2.66 bits per heavy atom. The molecule has 2 aromatic carbocycles. The first-order valence-corrected chi connectivity index (χ1v) is 11.1. The fourth-order valence-electron chi connectivity index (χ4n) is 4.51. The Balaban J connectivity index is 1.36. The lowest BCUT2D eigenvalue weighted by Gasteiger charge is -2.33. The number of carbonyl (C=O) groups is 2. The quantitative estimate of drug-likeness (QED) is 0.642. The highest BCUT2D eigenvalue weighted by Crippen LogP contribution is 2.35. The predicted octanol–water partition coefficient (Wildman–Crippen LogP) is 3.98. The molecule has 2 aliphatic heterocycles. The molecule has 0 bridgehead atoms. The van der Waals surface area contributed by atoms with Gasteiger partial charge in [0.2, 0.25) is 0 Å². The van der Waals surface area contributed by atoms with Gasteiger partial charge in [0.1, 0.15) is 5.76 Å². The molecule has 3 heterocycles. The summed E-state index contributed by atoms with van der Waals surface area (Å²) in [5.74, 6) is 0.606. The highest BCUT2D eigenvalue weighted by atomic mass is 16.5. The summed E-state index contributed by atoms with van der Waals surface area (Å²) in [5, 5.41) is 2.90. The molecule has 3 aromatic rings. The number of amides is 2. The maximum atomic E-state index is 13.1. The van der Waals surface area contributed by atoms with E-state index in [1.54, 1.807) is 6.07 Å². The van der Waals surface area contributed by atoms with Gasteiger partial charge >= 0.3 is 0 Å². The minimum Gasteiger partial charge on any atom is -0.455 e. The van der Waals surface area contributed by atoms with Crippen LogP contribution in [0.3, 0.4) is 0 Å². The molecule has 0 aliphatic carbocycles. The first-order valence-electron chi connectivity index (χ1n) is 11.1. The maximum absolute atomic E-state index is 13.1. The molecule has 1 aromatic heterocycles. The van der Waals surface area contributed by atoms with Gasteiger partial charge in [0.15, 0.2) is 5.76 Å². The van der Waals surface area contributed by atoms with E-state index >= 15 is 0 Å². The van der Waals surface area contributed by atoms with Crippen molar-refractivity contribution in [2.75, 3.05) is 19.7 Å². The zero-order valence-corrected chi connectivity index (χ0v) is 17.8. The number of hydrogen-bond donors (Lipinski definition) is 1. The van der Waals surface area contributed by atoms with Crippen LogP contribution < -0.4 is 5.32 Å². The largest absolute Gasteiger partial charge is 0.455 e. The highest BCUT2D eigenvalue weighted by molar-refractivity contribution is 5.97. The molecule has 0 radical (unpaired) electrons. The number of nitrogens with zero attached hydrogens (tertiary/aromatic N) is 1. The fourth-order valence-corrected chi connectivity index (χ4v) is 4.51. The Hall–Kier alpha value is -3.38. The third-order valence-electron chi connectivity index (χ3n) is 6.18. The molecule has 1 saturated heterocycles. The van der Waals surface area contributed by atoms with E-state index in [0.717, 1.165) is 30.6 Å². The van der Waals surface area contributed by atoms with Crippen molar-refractivity contribution in [1.82, 2.24) is 10.2 Å². The van der Waals surface area contributed by atoms with Gasteiger partial charge in [0.05, 0.1) is 12.0 Å². The molecule has 2 amide bonds. The fraction of sp³-hybridized carbons (Fsp3) is 0.308.